The van der Waals surface area contributed by atoms with E-state index >= 15 is 0 Å². The number of benzene rings is 2. The van der Waals surface area contributed by atoms with Crippen molar-refractivity contribution in [3.8, 4) is 34.0 Å². The zero-order valence-electron chi connectivity index (χ0n) is 13.0. The summed E-state index contributed by atoms with van der Waals surface area (Å²) >= 11 is 0. The monoisotopic (exact) mass is 307 g/mol. The molecule has 0 aliphatic heterocycles. The number of aromatic nitrogens is 2. The predicted octanol–water partition coefficient (Wildman–Crippen LogP) is 3.41. The van der Waals surface area contributed by atoms with Gasteiger partial charge in [-0.05, 0) is 48.5 Å². The van der Waals surface area contributed by atoms with Gasteiger partial charge in [-0.15, -0.1) is 0 Å². The topological polar surface area (TPSA) is 70.3 Å². The van der Waals surface area contributed by atoms with E-state index in [-0.39, 0.29) is 0 Å². The Bertz CT molecular complexity index is 734. The summed E-state index contributed by atoms with van der Waals surface area (Å²) in [6.07, 6.45) is 1.52. The maximum atomic E-state index is 6.30. The van der Waals surface area contributed by atoms with Crippen LogP contribution in [0.2, 0.25) is 0 Å². The number of hydrogen-bond acceptors (Lipinski definition) is 5. The highest BCUT2D eigenvalue weighted by Crippen LogP contribution is 2.32. The lowest BCUT2D eigenvalue weighted by atomic mass is 10.0. The molecule has 0 bridgehead atoms. The van der Waals surface area contributed by atoms with Crippen LogP contribution in [0.1, 0.15) is 0 Å². The third-order valence-corrected chi connectivity index (χ3v) is 3.61. The van der Waals surface area contributed by atoms with Gasteiger partial charge in [-0.25, -0.2) is 9.97 Å². The van der Waals surface area contributed by atoms with Crippen LogP contribution < -0.4 is 15.2 Å². The molecule has 2 N–H and O–H groups in total. The molecule has 0 spiro atoms. The molecule has 23 heavy (non-hydrogen) atoms. The van der Waals surface area contributed by atoms with Gasteiger partial charge in [0.15, 0.2) is 0 Å². The summed E-state index contributed by atoms with van der Waals surface area (Å²) in [5.41, 5.74) is 10.1. The summed E-state index contributed by atoms with van der Waals surface area (Å²) in [4.78, 5) is 8.64. The molecule has 5 nitrogen and oxygen atoms in total. The number of methoxy groups -OCH3 is 2. The minimum Gasteiger partial charge on any atom is -0.497 e. The SMILES string of the molecule is COc1ccc(-c2ncnc(-c3ccc(OC)cc3)c2N)cc1. The van der Waals surface area contributed by atoms with Crippen molar-refractivity contribution in [2.45, 2.75) is 0 Å². The van der Waals surface area contributed by atoms with Crippen LogP contribution in [0.25, 0.3) is 22.5 Å². The Balaban J connectivity index is 2.02. The molecular formula is C18H17N3O2. The molecule has 3 aromatic rings. The highest BCUT2D eigenvalue weighted by molar-refractivity contribution is 5.84. The minimum atomic E-state index is 0.544. The Hall–Kier alpha value is -3.08. The van der Waals surface area contributed by atoms with Crippen molar-refractivity contribution in [2.75, 3.05) is 20.0 Å². The van der Waals surface area contributed by atoms with E-state index in [1.165, 1.54) is 6.33 Å². The van der Waals surface area contributed by atoms with Gasteiger partial charge in [0.2, 0.25) is 0 Å². The Morgan fingerprint density at radius 2 is 1.09 bits per heavy atom. The van der Waals surface area contributed by atoms with Gasteiger partial charge >= 0.3 is 0 Å². The summed E-state index contributed by atoms with van der Waals surface area (Å²) in [7, 11) is 3.27. The highest BCUT2D eigenvalue weighted by Gasteiger charge is 2.12. The third-order valence-electron chi connectivity index (χ3n) is 3.61. The first-order valence-electron chi connectivity index (χ1n) is 7.12. The molecule has 1 aromatic heterocycles. The van der Waals surface area contributed by atoms with E-state index in [1.54, 1.807) is 14.2 Å². The summed E-state index contributed by atoms with van der Waals surface area (Å²) < 4.78 is 10.3. The minimum absolute atomic E-state index is 0.544. The zero-order chi connectivity index (χ0) is 16.2. The van der Waals surface area contributed by atoms with E-state index in [2.05, 4.69) is 9.97 Å². The standard InChI is InChI=1S/C18H17N3O2/c1-22-14-7-3-12(4-8-14)17-16(19)18(21-11-20-17)13-5-9-15(23-2)10-6-13/h3-11H,19H2,1-2H3. The Morgan fingerprint density at radius 1 is 0.696 bits per heavy atom. The first-order valence-corrected chi connectivity index (χ1v) is 7.12. The largest absolute Gasteiger partial charge is 0.497 e. The molecule has 0 aliphatic carbocycles. The molecule has 0 saturated heterocycles. The molecule has 0 atom stereocenters. The number of nitrogens with two attached hydrogens (primary N) is 1. The molecule has 0 amide bonds. The fraction of sp³-hybridized carbons (Fsp3) is 0.111. The number of nitrogens with zero attached hydrogens (tertiary/aromatic N) is 2. The van der Waals surface area contributed by atoms with Crippen LogP contribution in [0.4, 0.5) is 5.69 Å². The Labute approximate surface area is 134 Å². The van der Waals surface area contributed by atoms with Gasteiger partial charge in [0.25, 0.3) is 0 Å². The Kier molecular flexibility index (Phi) is 4.10. The van der Waals surface area contributed by atoms with Crippen LogP contribution in [0.5, 0.6) is 11.5 Å². The van der Waals surface area contributed by atoms with E-state index in [9.17, 15) is 0 Å². The average Bonchev–Trinajstić information content (AvgIpc) is 2.62. The lowest BCUT2D eigenvalue weighted by Crippen LogP contribution is -1.99. The van der Waals surface area contributed by atoms with E-state index < -0.39 is 0 Å². The second kappa shape index (κ2) is 6.36. The normalized spacial score (nSPS) is 10.3. The van der Waals surface area contributed by atoms with Crippen LogP contribution in [0.15, 0.2) is 54.9 Å². The van der Waals surface area contributed by atoms with Crippen LogP contribution in [0, 0.1) is 0 Å². The maximum Gasteiger partial charge on any atom is 0.118 e. The lowest BCUT2D eigenvalue weighted by Gasteiger charge is -2.10. The molecule has 1 heterocycles. The second-order valence-corrected chi connectivity index (χ2v) is 4.94. The van der Waals surface area contributed by atoms with Crippen LogP contribution in [-0.4, -0.2) is 24.2 Å². The van der Waals surface area contributed by atoms with Gasteiger partial charge in [0, 0.05) is 11.1 Å². The first kappa shape index (κ1) is 14.8. The molecule has 5 heteroatoms. The molecule has 0 saturated carbocycles. The number of hydrogen-bond donors (Lipinski definition) is 1. The van der Waals surface area contributed by atoms with Gasteiger partial charge in [0.05, 0.1) is 31.3 Å². The van der Waals surface area contributed by atoms with Crippen molar-refractivity contribution in [1.82, 2.24) is 9.97 Å². The number of ether oxygens (including phenoxy) is 2. The van der Waals surface area contributed by atoms with Crippen molar-refractivity contribution >= 4 is 5.69 Å². The highest BCUT2D eigenvalue weighted by atomic mass is 16.5. The Morgan fingerprint density at radius 3 is 1.43 bits per heavy atom. The van der Waals surface area contributed by atoms with Gasteiger partial charge in [-0.2, -0.15) is 0 Å². The molecule has 0 radical (unpaired) electrons. The van der Waals surface area contributed by atoms with Gasteiger partial charge in [-0.3, -0.25) is 0 Å². The molecule has 0 aliphatic rings. The van der Waals surface area contributed by atoms with Crippen molar-refractivity contribution in [1.29, 1.82) is 0 Å². The number of anilines is 1. The smallest absolute Gasteiger partial charge is 0.118 e. The summed E-state index contributed by atoms with van der Waals surface area (Å²) in [5.74, 6) is 1.58. The van der Waals surface area contributed by atoms with Gasteiger partial charge in [-0.1, -0.05) is 0 Å². The van der Waals surface area contributed by atoms with Crippen molar-refractivity contribution in [3.05, 3.63) is 54.9 Å². The van der Waals surface area contributed by atoms with E-state index in [0.717, 1.165) is 22.6 Å². The second-order valence-electron chi connectivity index (χ2n) is 4.94. The lowest BCUT2D eigenvalue weighted by molar-refractivity contribution is 0.415. The number of nitrogen functional groups attached to an aromatic ring is 1. The quantitative estimate of drug-likeness (QED) is 0.800. The van der Waals surface area contributed by atoms with Crippen LogP contribution in [-0.2, 0) is 0 Å². The molecule has 0 fully saturated rings. The van der Waals surface area contributed by atoms with Crippen molar-refractivity contribution in [2.24, 2.45) is 0 Å². The van der Waals surface area contributed by atoms with Crippen LogP contribution in [0.3, 0.4) is 0 Å². The average molecular weight is 307 g/mol. The fourth-order valence-corrected chi connectivity index (χ4v) is 2.35. The van der Waals surface area contributed by atoms with Crippen molar-refractivity contribution in [3.63, 3.8) is 0 Å². The molecule has 0 unspecified atom stereocenters. The zero-order valence-corrected chi connectivity index (χ0v) is 13.0. The summed E-state index contributed by atoms with van der Waals surface area (Å²) in [6.45, 7) is 0. The molecule has 3 rings (SSSR count). The maximum absolute atomic E-state index is 6.30. The number of rotatable bonds is 4. The summed E-state index contributed by atoms with van der Waals surface area (Å²) in [6, 6.07) is 15.2. The molecule has 116 valence electrons. The van der Waals surface area contributed by atoms with E-state index in [0.29, 0.717) is 17.1 Å². The van der Waals surface area contributed by atoms with Gasteiger partial charge in [0.1, 0.15) is 17.8 Å². The first-order chi connectivity index (χ1) is 11.2. The fourth-order valence-electron chi connectivity index (χ4n) is 2.35. The van der Waals surface area contributed by atoms with E-state index in [4.69, 9.17) is 15.2 Å². The predicted molar refractivity (Wildman–Crippen MR) is 90.4 cm³/mol. The van der Waals surface area contributed by atoms with E-state index in [1.807, 2.05) is 48.5 Å². The van der Waals surface area contributed by atoms with Crippen molar-refractivity contribution < 1.29 is 9.47 Å². The van der Waals surface area contributed by atoms with Gasteiger partial charge < -0.3 is 15.2 Å². The molecular weight excluding hydrogens is 290 g/mol. The van der Waals surface area contributed by atoms with Crippen LogP contribution >= 0.6 is 0 Å². The molecule has 2 aromatic carbocycles. The third kappa shape index (κ3) is 2.94. The summed E-state index contributed by atoms with van der Waals surface area (Å²) in [5, 5.41) is 0.